The van der Waals surface area contributed by atoms with Gasteiger partial charge in [-0.25, -0.2) is 4.39 Å². The molecule has 156 valence electrons. The van der Waals surface area contributed by atoms with Crippen LogP contribution in [0.1, 0.15) is 42.6 Å². The molecule has 3 heteroatoms. The van der Waals surface area contributed by atoms with Gasteiger partial charge in [-0.1, -0.05) is 74.5 Å². The number of carbonyl (C=O) groups excluding carboxylic acids is 1. The summed E-state index contributed by atoms with van der Waals surface area (Å²) >= 11 is 0. The van der Waals surface area contributed by atoms with Crippen molar-refractivity contribution in [2.45, 2.75) is 39.2 Å². The van der Waals surface area contributed by atoms with Gasteiger partial charge in [0.15, 0.2) is 0 Å². The Hall–Kier alpha value is -2.94. The summed E-state index contributed by atoms with van der Waals surface area (Å²) in [7, 11) is 1.91. The standard InChI is InChI=1S/C27H30FNO/c1-20(2)26(15-9-10-21-16-18-23(28)19-17-21)29(3)27(30)25-14-8-7-13-24(25)22-11-5-4-6-12-22/h4-8,11-14,16-20,26H,9-10,15H2,1-3H3/t26-/m1/s1. The van der Waals surface area contributed by atoms with Gasteiger partial charge in [-0.15, -0.1) is 0 Å². The molecule has 0 radical (unpaired) electrons. The number of hydrogen-bond donors (Lipinski definition) is 0. The van der Waals surface area contributed by atoms with Crippen LogP contribution < -0.4 is 0 Å². The van der Waals surface area contributed by atoms with E-state index in [9.17, 15) is 9.18 Å². The van der Waals surface area contributed by atoms with Crippen molar-refractivity contribution < 1.29 is 9.18 Å². The van der Waals surface area contributed by atoms with E-state index in [2.05, 4.69) is 13.8 Å². The summed E-state index contributed by atoms with van der Waals surface area (Å²) in [4.78, 5) is 15.3. The Labute approximate surface area is 179 Å². The molecule has 0 spiro atoms. The number of benzene rings is 3. The molecule has 0 aliphatic heterocycles. The van der Waals surface area contributed by atoms with Crippen molar-refractivity contribution in [2.24, 2.45) is 5.92 Å². The quantitative estimate of drug-likeness (QED) is 0.414. The van der Waals surface area contributed by atoms with Gasteiger partial charge in [0.05, 0.1) is 0 Å². The second kappa shape index (κ2) is 10.2. The van der Waals surface area contributed by atoms with Gasteiger partial charge in [0.1, 0.15) is 5.82 Å². The Morgan fingerprint density at radius 3 is 2.20 bits per heavy atom. The molecule has 0 bridgehead atoms. The Bertz CT molecular complexity index is 950. The number of rotatable bonds is 8. The summed E-state index contributed by atoms with van der Waals surface area (Å²) in [6, 6.07) is 24.7. The van der Waals surface area contributed by atoms with Crippen LogP contribution in [0.25, 0.3) is 11.1 Å². The van der Waals surface area contributed by atoms with Crippen LogP contribution >= 0.6 is 0 Å². The summed E-state index contributed by atoms with van der Waals surface area (Å²) in [5, 5.41) is 0. The molecular weight excluding hydrogens is 373 g/mol. The summed E-state index contributed by atoms with van der Waals surface area (Å²) in [5.74, 6) is 0.187. The van der Waals surface area contributed by atoms with E-state index in [4.69, 9.17) is 0 Å². The third kappa shape index (κ3) is 5.35. The molecule has 0 aromatic heterocycles. The number of aryl methyl sites for hydroxylation is 1. The van der Waals surface area contributed by atoms with E-state index in [1.165, 1.54) is 12.1 Å². The summed E-state index contributed by atoms with van der Waals surface area (Å²) < 4.78 is 13.1. The Morgan fingerprint density at radius 2 is 1.53 bits per heavy atom. The topological polar surface area (TPSA) is 20.3 Å². The number of amides is 1. The van der Waals surface area contributed by atoms with Crippen molar-refractivity contribution in [1.82, 2.24) is 4.90 Å². The molecule has 3 aromatic carbocycles. The molecule has 0 aliphatic carbocycles. The van der Waals surface area contributed by atoms with Gasteiger partial charge < -0.3 is 4.90 Å². The monoisotopic (exact) mass is 403 g/mol. The Balaban J connectivity index is 1.73. The SMILES string of the molecule is CC(C)[C@@H](CCCc1ccc(F)cc1)N(C)C(=O)c1ccccc1-c1ccccc1. The first-order valence-corrected chi connectivity index (χ1v) is 10.6. The molecule has 1 atom stereocenters. The zero-order chi connectivity index (χ0) is 21.5. The highest BCUT2D eigenvalue weighted by Gasteiger charge is 2.25. The van der Waals surface area contributed by atoms with Gasteiger partial charge in [0.25, 0.3) is 5.91 Å². The van der Waals surface area contributed by atoms with Gasteiger partial charge in [0, 0.05) is 18.7 Å². The van der Waals surface area contributed by atoms with Gasteiger partial charge in [-0.3, -0.25) is 4.79 Å². The van der Waals surface area contributed by atoms with E-state index in [0.29, 0.717) is 5.92 Å². The minimum Gasteiger partial charge on any atom is -0.338 e. The molecule has 2 nitrogen and oxygen atoms in total. The van der Waals surface area contributed by atoms with E-state index in [-0.39, 0.29) is 17.8 Å². The highest BCUT2D eigenvalue weighted by Crippen LogP contribution is 2.26. The van der Waals surface area contributed by atoms with Crippen molar-refractivity contribution in [1.29, 1.82) is 0 Å². The van der Waals surface area contributed by atoms with Crippen LogP contribution in [0, 0.1) is 11.7 Å². The molecule has 0 fully saturated rings. The Morgan fingerprint density at radius 1 is 0.900 bits per heavy atom. The molecule has 0 aliphatic rings. The fourth-order valence-corrected chi connectivity index (χ4v) is 4.02. The van der Waals surface area contributed by atoms with Crippen LogP contribution in [-0.4, -0.2) is 23.9 Å². The average Bonchev–Trinajstić information content (AvgIpc) is 2.77. The molecule has 1 amide bonds. The maximum absolute atomic E-state index is 13.4. The predicted molar refractivity (Wildman–Crippen MR) is 122 cm³/mol. The van der Waals surface area contributed by atoms with Crippen molar-refractivity contribution in [3.8, 4) is 11.1 Å². The lowest BCUT2D eigenvalue weighted by Gasteiger charge is -2.32. The molecule has 3 rings (SSSR count). The second-order valence-electron chi connectivity index (χ2n) is 8.16. The molecule has 0 heterocycles. The lowest BCUT2D eigenvalue weighted by molar-refractivity contribution is 0.0677. The van der Waals surface area contributed by atoms with E-state index < -0.39 is 0 Å². The number of nitrogens with zero attached hydrogens (tertiary/aromatic N) is 1. The first-order valence-electron chi connectivity index (χ1n) is 10.6. The van der Waals surface area contributed by atoms with Crippen LogP contribution in [0.4, 0.5) is 4.39 Å². The Kier molecular flexibility index (Phi) is 7.40. The fourth-order valence-electron chi connectivity index (χ4n) is 4.02. The molecular formula is C27H30FNO. The van der Waals surface area contributed by atoms with Gasteiger partial charge in [-0.05, 0) is 60.1 Å². The lowest BCUT2D eigenvalue weighted by atomic mass is 9.93. The maximum Gasteiger partial charge on any atom is 0.254 e. The molecule has 0 saturated heterocycles. The maximum atomic E-state index is 13.4. The lowest BCUT2D eigenvalue weighted by Crippen LogP contribution is -2.40. The average molecular weight is 404 g/mol. The van der Waals surface area contributed by atoms with Crippen LogP contribution in [0.2, 0.25) is 0 Å². The van der Waals surface area contributed by atoms with Crippen molar-refractivity contribution in [3.05, 3.63) is 95.8 Å². The minimum atomic E-state index is -0.207. The molecule has 0 unspecified atom stereocenters. The summed E-state index contributed by atoms with van der Waals surface area (Å²) in [5.41, 5.74) is 3.87. The molecule has 30 heavy (non-hydrogen) atoms. The highest BCUT2D eigenvalue weighted by atomic mass is 19.1. The number of carbonyl (C=O) groups is 1. The van der Waals surface area contributed by atoms with Crippen LogP contribution in [0.5, 0.6) is 0 Å². The van der Waals surface area contributed by atoms with Crippen LogP contribution in [-0.2, 0) is 6.42 Å². The zero-order valence-electron chi connectivity index (χ0n) is 18.0. The zero-order valence-corrected chi connectivity index (χ0v) is 18.0. The first-order chi connectivity index (χ1) is 14.5. The van der Waals surface area contributed by atoms with Gasteiger partial charge in [0.2, 0.25) is 0 Å². The fraction of sp³-hybridized carbons (Fsp3) is 0.296. The second-order valence-corrected chi connectivity index (χ2v) is 8.16. The van der Waals surface area contributed by atoms with Crippen molar-refractivity contribution >= 4 is 5.91 Å². The number of hydrogen-bond acceptors (Lipinski definition) is 1. The third-order valence-electron chi connectivity index (χ3n) is 5.71. The highest BCUT2D eigenvalue weighted by molar-refractivity contribution is 6.00. The van der Waals surface area contributed by atoms with Crippen molar-refractivity contribution in [3.63, 3.8) is 0 Å². The smallest absolute Gasteiger partial charge is 0.254 e. The molecule has 3 aromatic rings. The molecule has 0 saturated carbocycles. The summed E-state index contributed by atoms with van der Waals surface area (Å²) in [6.07, 6.45) is 2.74. The van der Waals surface area contributed by atoms with E-state index in [1.54, 1.807) is 0 Å². The number of halogens is 1. The normalized spacial score (nSPS) is 12.0. The molecule has 0 N–H and O–H groups in total. The van der Waals surface area contributed by atoms with Crippen molar-refractivity contribution in [2.75, 3.05) is 7.05 Å². The van der Waals surface area contributed by atoms with Crippen LogP contribution in [0.15, 0.2) is 78.9 Å². The first kappa shape index (κ1) is 21.8. The largest absolute Gasteiger partial charge is 0.338 e. The van der Waals surface area contributed by atoms with E-state index >= 15 is 0 Å². The minimum absolute atomic E-state index is 0.0509. The van der Waals surface area contributed by atoms with Gasteiger partial charge in [-0.2, -0.15) is 0 Å². The van der Waals surface area contributed by atoms with E-state index in [0.717, 1.165) is 41.5 Å². The third-order valence-corrected chi connectivity index (χ3v) is 5.71. The van der Waals surface area contributed by atoms with E-state index in [1.807, 2.05) is 78.7 Å². The predicted octanol–water partition coefficient (Wildman–Crippen LogP) is 6.61. The van der Waals surface area contributed by atoms with Gasteiger partial charge >= 0.3 is 0 Å². The van der Waals surface area contributed by atoms with Crippen LogP contribution in [0.3, 0.4) is 0 Å². The summed E-state index contributed by atoms with van der Waals surface area (Å²) in [6.45, 7) is 4.32.